The molecule has 0 aliphatic carbocycles. The first kappa shape index (κ1) is 20.8. The van der Waals surface area contributed by atoms with Gasteiger partial charge in [0.15, 0.2) is 0 Å². The lowest BCUT2D eigenvalue weighted by Crippen LogP contribution is -2.47. The number of nitrogens with one attached hydrogen (secondary N) is 2. The lowest BCUT2D eigenvalue weighted by atomic mass is 10.2. The Morgan fingerprint density at radius 1 is 1.43 bits per heavy atom. The molecule has 2 aromatic rings. The molecule has 10 heteroatoms. The van der Waals surface area contributed by atoms with Gasteiger partial charge in [0.1, 0.15) is 10.8 Å². The molecule has 1 aromatic heterocycles. The number of carbonyl (C=O) groups excluding carboxylic acids is 1. The number of hydrogen-bond acceptors (Lipinski definition) is 6. The monoisotopic (exact) mass is 426 g/mol. The maximum absolute atomic E-state index is 13.3. The molecular formula is C18H20ClFN4O3S. The number of H-pyrrole nitrogens is 1. The van der Waals surface area contributed by atoms with E-state index in [0.717, 1.165) is 12.1 Å². The van der Waals surface area contributed by atoms with Crippen LogP contribution in [-0.4, -0.2) is 59.1 Å². The highest BCUT2D eigenvalue weighted by atomic mass is 35.5. The van der Waals surface area contributed by atoms with Crippen LogP contribution in [0.2, 0.25) is 5.02 Å². The summed E-state index contributed by atoms with van der Waals surface area (Å²) in [5, 5.41) is 9.71. The van der Waals surface area contributed by atoms with Gasteiger partial charge >= 0.3 is 0 Å². The average Bonchev–Trinajstić information content (AvgIpc) is 2.69. The van der Waals surface area contributed by atoms with E-state index in [1.54, 1.807) is 18.2 Å². The van der Waals surface area contributed by atoms with E-state index in [4.69, 9.17) is 16.3 Å². The van der Waals surface area contributed by atoms with Crippen molar-refractivity contribution in [3.8, 4) is 0 Å². The van der Waals surface area contributed by atoms with Gasteiger partial charge in [0.2, 0.25) is 5.91 Å². The summed E-state index contributed by atoms with van der Waals surface area (Å²) in [4.78, 5) is 25.2. The molecule has 0 saturated carbocycles. The molecule has 1 fully saturated rings. The number of amides is 1. The summed E-state index contributed by atoms with van der Waals surface area (Å²) < 4.78 is 19.0. The van der Waals surface area contributed by atoms with Crippen LogP contribution in [0.5, 0.6) is 0 Å². The van der Waals surface area contributed by atoms with Gasteiger partial charge < -0.3 is 10.1 Å². The summed E-state index contributed by atoms with van der Waals surface area (Å²) >= 11 is 7.08. The summed E-state index contributed by atoms with van der Waals surface area (Å²) in [6.45, 7) is 3.02. The fourth-order valence-electron chi connectivity index (χ4n) is 2.77. The first-order valence-corrected chi connectivity index (χ1v) is 10.1. The third-order valence-corrected chi connectivity index (χ3v) is 5.36. The fourth-order valence-corrected chi connectivity index (χ4v) is 3.63. The number of carbonyl (C=O) groups is 1. The average molecular weight is 427 g/mol. The lowest BCUT2D eigenvalue weighted by Gasteiger charge is -2.33. The van der Waals surface area contributed by atoms with Crippen molar-refractivity contribution in [2.75, 3.05) is 32.0 Å². The Balaban J connectivity index is 1.41. The predicted octanol–water partition coefficient (Wildman–Crippen LogP) is 1.67. The molecule has 3 rings (SSSR count). The van der Waals surface area contributed by atoms with E-state index in [1.165, 1.54) is 23.9 Å². The number of aromatic amines is 1. The van der Waals surface area contributed by atoms with E-state index >= 15 is 0 Å². The number of morpholine rings is 1. The highest BCUT2D eigenvalue weighted by Crippen LogP contribution is 2.18. The molecule has 1 saturated heterocycles. The number of thioether (sulfide) groups is 1. The van der Waals surface area contributed by atoms with E-state index in [9.17, 15) is 14.0 Å². The van der Waals surface area contributed by atoms with Gasteiger partial charge in [-0.15, -0.1) is 0 Å². The number of ether oxygens (including phenoxy) is 1. The second-order valence-corrected chi connectivity index (χ2v) is 7.73. The Morgan fingerprint density at radius 2 is 2.29 bits per heavy atom. The van der Waals surface area contributed by atoms with Crippen molar-refractivity contribution in [3.63, 3.8) is 0 Å². The quantitative estimate of drug-likeness (QED) is 0.655. The van der Waals surface area contributed by atoms with E-state index < -0.39 is 5.82 Å². The first-order chi connectivity index (χ1) is 13.5. The van der Waals surface area contributed by atoms with Crippen LogP contribution in [0.4, 0.5) is 4.39 Å². The zero-order valence-corrected chi connectivity index (χ0v) is 16.6. The van der Waals surface area contributed by atoms with Gasteiger partial charge in [0.05, 0.1) is 23.5 Å². The SMILES string of the molecule is O=C(CSc1ccc(=O)[nH]n1)NCC1CN(Cc2ccc(F)c(Cl)c2)CCO1. The predicted molar refractivity (Wildman–Crippen MR) is 105 cm³/mol. The van der Waals surface area contributed by atoms with Crippen molar-refractivity contribution in [2.45, 2.75) is 17.7 Å². The van der Waals surface area contributed by atoms with Crippen molar-refractivity contribution in [3.05, 3.63) is 57.1 Å². The van der Waals surface area contributed by atoms with Crippen molar-refractivity contribution < 1.29 is 13.9 Å². The van der Waals surface area contributed by atoms with Crippen molar-refractivity contribution in [2.24, 2.45) is 0 Å². The largest absolute Gasteiger partial charge is 0.374 e. The van der Waals surface area contributed by atoms with Crippen LogP contribution in [0, 0.1) is 5.82 Å². The molecule has 2 N–H and O–H groups in total. The normalized spacial score (nSPS) is 17.4. The van der Waals surface area contributed by atoms with Crippen molar-refractivity contribution in [1.82, 2.24) is 20.4 Å². The minimum absolute atomic E-state index is 0.115. The van der Waals surface area contributed by atoms with E-state index in [-0.39, 0.29) is 28.3 Å². The maximum Gasteiger partial charge on any atom is 0.264 e. The van der Waals surface area contributed by atoms with E-state index in [0.29, 0.717) is 31.3 Å². The molecule has 1 amide bonds. The van der Waals surface area contributed by atoms with Crippen molar-refractivity contribution in [1.29, 1.82) is 0 Å². The standard InChI is InChI=1S/C18H20ClFN4O3S/c19-14-7-12(1-2-15(14)20)9-24-5-6-27-13(10-24)8-21-17(26)11-28-18-4-3-16(25)22-23-18/h1-4,7,13H,5-6,8-11H2,(H,21,26)(H,22,25). The second-order valence-electron chi connectivity index (χ2n) is 6.33. The summed E-state index contributed by atoms with van der Waals surface area (Å²) in [5.74, 6) is -0.365. The molecule has 1 atom stereocenters. The number of aromatic nitrogens is 2. The highest BCUT2D eigenvalue weighted by molar-refractivity contribution is 7.99. The van der Waals surface area contributed by atoms with Gasteiger partial charge in [-0.3, -0.25) is 14.5 Å². The zero-order chi connectivity index (χ0) is 19.9. The van der Waals surface area contributed by atoms with Gasteiger partial charge in [-0.1, -0.05) is 29.4 Å². The first-order valence-electron chi connectivity index (χ1n) is 8.73. The smallest absolute Gasteiger partial charge is 0.264 e. The van der Waals surface area contributed by atoms with Gasteiger partial charge in [0, 0.05) is 32.2 Å². The third kappa shape index (κ3) is 6.30. The van der Waals surface area contributed by atoms with Gasteiger partial charge in [0.25, 0.3) is 5.56 Å². The number of hydrogen-bond donors (Lipinski definition) is 2. The Labute approximate surface area is 170 Å². The lowest BCUT2D eigenvalue weighted by molar-refractivity contribution is -0.119. The molecule has 0 spiro atoms. The minimum atomic E-state index is -0.428. The Kier molecular flexibility index (Phi) is 7.43. The molecule has 7 nitrogen and oxygen atoms in total. The van der Waals surface area contributed by atoms with E-state index in [2.05, 4.69) is 20.4 Å². The summed E-state index contributed by atoms with van der Waals surface area (Å²) in [6.07, 6.45) is -0.121. The molecule has 1 unspecified atom stereocenters. The van der Waals surface area contributed by atoms with Crippen LogP contribution < -0.4 is 10.9 Å². The van der Waals surface area contributed by atoms with Crippen molar-refractivity contribution >= 4 is 29.3 Å². The van der Waals surface area contributed by atoms with E-state index in [1.807, 2.05) is 0 Å². The summed E-state index contributed by atoms with van der Waals surface area (Å²) in [7, 11) is 0. The molecule has 28 heavy (non-hydrogen) atoms. The number of benzene rings is 1. The minimum Gasteiger partial charge on any atom is -0.374 e. The number of rotatable bonds is 7. The Morgan fingerprint density at radius 3 is 3.04 bits per heavy atom. The second kappa shape index (κ2) is 10.0. The Hall–Kier alpha value is -1.94. The molecule has 0 radical (unpaired) electrons. The fraction of sp³-hybridized carbons (Fsp3) is 0.389. The molecule has 1 aliphatic heterocycles. The molecule has 1 aromatic carbocycles. The highest BCUT2D eigenvalue weighted by Gasteiger charge is 2.21. The van der Waals surface area contributed by atoms with Crippen LogP contribution in [-0.2, 0) is 16.1 Å². The van der Waals surface area contributed by atoms with Crippen LogP contribution in [0.1, 0.15) is 5.56 Å². The molecule has 2 heterocycles. The van der Waals surface area contributed by atoms with Crippen LogP contribution in [0.3, 0.4) is 0 Å². The summed E-state index contributed by atoms with van der Waals surface area (Å²) in [5.41, 5.74) is 0.650. The summed E-state index contributed by atoms with van der Waals surface area (Å²) in [6, 6.07) is 7.65. The van der Waals surface area contributed by atoms with Gasteiger partial charge in [-0.25, -0.2) is 9.49 Å². The van der Waals surface area contributed by atoms with Crippen LogP contribution >= 0.6 is 23.4 Å². The molecule has 1 aliphatic rings. The molecular weight excluding hydrogens is 407 g/mol. The zero-order valence-electron chi connectivity index (χ0n) is 15.0. The maximum atomic E-state index is 13.3. The Bertz CT molecular complexity index is 862. The number of nitrogens with zero attached hydrogens (tertiary/aromatic N) is 2. The van der Waals surface area contributed by atoms with Gasteiger partial charge in [-0.2, -0.15) is 5.10 Å². The topological polar surface area (TPSA) is 87.3 Å². The third-order valence-electron chi connectivity index (χ3n) is 4.14. The molecule has 0 bridgehead atoms. The van der Waals surface area contributed by atoms with Crippen LogP contribution in [0.25, 0.3) is 0 Å². The number of halogens is 2. The van der Waals surface area contributed by atoms with Crippen LogP contribution in [0.15, 0.2) is 40.2 Å². The molecule has 150 valence electrons. The van der Waals surface area contributed by atoms with Gasteiger partial charge in [-0.05, 0) is 23.8 Å².